The van der Waals surface area contributed by atoms with Gasteiger partial charge in [-0.2, -0.15) is 5.10 Å². The van der Waals surface area contributed by atoms with Crippen LogP contribution < -0.4 is 0 Å². The molecule has 0 fully saturated rings. The normalized spacial score (nSPS) is 10.8. The first-order valence-electron chi connectivity index (χ1n) is 4.41. The van der Waals surface area contributed by atoms with Crippen molar-refractivity contribution in [2.24, 2.45) is 7.05 Å². The van der Waals surface area contributed by atoms with Crippen LogP contribution in [-0.2, 0) is 13.7 Å². The SMILES string of the molecule is Cc1cc(-c2ccc(CO)o2)nn1C. The second kappa shape index (κ2) is 3.31. The molecule has 2 aromatic heterocycles. The minimum atomic E-state index is -0.0776. The van der Waals surface area contributed by atoms with E-state index in [0.717, 1.165) is 11.4 Å². The zero-order valence-corrected chi connectivity index (χ0v) is 8.19. The highest BCUT2D eigenvalue weighted by atomic mass is 16.4. The van der Waals surface area contributed by atoms with Gasteiger partial charge in [0.2, 0.25) is 0 Å². The molecule has 0 saturated carbocycles. The number of nitrogens with zero attached hydrogens (tertiary/aromatic N) is 2. The fourth-order valence-electron chi connectivity index (χ4n) is 1.28. The highest BCUT2D eigenvalue weighted by Crippen LogP contribution is 2.21. The van der Waals surface area contributed by atoms with Crippen LogP contribution in [0.1, 0.15) is 11.5 Å². The van der Waals surface area contributed by atoms with Crippen molar-refractivity contribution in [3.8, 4) is 11.5 Å². The number of aliphatic hydroxyl groups excluding tert-OH is 1. The molecule has 0 aliphatic rings. The maximum absolute atomic E-state index is 8.84. The van der Waals surface area contributed by atoms with Gasteiger partial charge in [-0.15, -0.1) is 0 Å². The molecular formula is C10H12N2O2. The molecule has 0 radical (unpaired) electrons. The van der Waals surface area contributed by atoms with Gasteiger partial charge in [-0.1, -0.05) is 0 Å². The fraction of sp³-hybridized carbons (Fsp3) is 0.300. The Labute approximate surface area is 81.8 Å². The molecule has 0 aromatic carbocycles. The standard InChI is InChI=1S/C10H12N2O2/c1-7-5-9(11-12(7)2)10-4-3-8(6-13)14-10/h3-5,13H,6H2,1-2H3. The van der Waals surface area contributed by atoms with E-state index in [2.05, 4.69) is 5.10 Å². The van der Waals surface area contributed by atoms with Crippen LogP contribution in [-0.4, -0.2) is 14.9 Å². The summed E-state index contributed by atoms with van der Waals surface area (Å²) in [6.07, 6.45) is 0. The summed E-state index contributed by atoms with van der Waals surface area (Å²) >= 11 is 0. The van der Waals surface area contributed by atoms with Gasteiger partial charge in [0, 0.05) is 12.7 Å². The van der Waals surface area contributed by atoms with E-state index in [9.17, 15) is 0 Å². The van der Waals surface area contributed by atoms with Crippen molar-refractivity contribution in [2.45, 2.75) is 13.5 Å². The van der Waals surface area contributed by atoms with Crippen molar-refractivity contribution in [2.75, 3.05) is 0 Å². The topological polar surface area (TPSA) is 51.2 Å². The molecular weight excluding hydrogens is 180 g/mol. The lowest BCUT2D eigenvalue weighted by Crippen LogP contribution is -1.91. The van der Waals surface area contributed by atoms with Gasteiger partial charge >= 0.3 is 0 Å². The Balaban J connectivity index is 2.39. The molecule has 14 heavy (non-hydrogen) atoms. The van der Waals surface area contributed by atoms with Gasteiger partial charge in [0.05, 0.1) is 0 Å². The summed E-state index contributed by atoms with van der Waals surface area (Å²) in [6, 6.07) is 5.51. The van der Waals surface area contributed by atoms with Crippen LogP contribution in [0.15, 0.2) is 22.6 Å². The van der Waals surface area contributed by atoms with Crippen LogP contribution in [0.5, 0.6) is 0 Å². The predicted octanol–water partition coefficient (Wildman–Crippen LogP) is 1.48. The van der Waals surface area contributed by atoms with E-state index < -0.39 is 0 Å². The summed E-state index contributed by atoms with van der Waals surface area (Å²) in [5.41, 5.74) is 1.87. The predicted molar refractivity (Wildman–Crippen MR) is 51.6 cm³/mol. The van der Waals surface area contributed by atoms with Gasteiger partial charge in [-0.25, -0.2) is 0 Å². The van der Waals surface area contributed by atoms with Crippen LogP contribution in [0, 0.1) is 6.92 Å². The molecule has 2 heterocycles. The highest BCUT2D eigenvalue weighted by Gasteiger charge is 2.08. The lowest BCUT2D eigenvalue weighted by atomic mass is 10.3. The van der Waals surface area contributed by atoms with E-state index in [1.807, 2.05) is 26.1 Å². The maximum atomic E-state index is 8.84. The van der Waals surface area contributed by atoms with Gasteiger partial charge in [0.15, 0.2) is 5.76 Å². The second-order valence-corrected chi connectivity index (χ2v) is 3.22. The van der Waals surface area contributed by atoms with Gasteiger partial charge in [0.1, 0.15) is 18.1 Å². The molecule has 0 aliphatic carbocycles. The Bertz CT molecular complexity index is 423. The monoisotopic (exact) mass is 192 g/mol. The molecule has 0 bridgehead atoms. The van der Waals surface area contributed by atoms with Crippen LogP contribution >= 0.6 is 0 Å². The van der Waals surface area contributed by atoms with Gasteiger partial charge in [-0.05, 0) is 25.1 Å². The lowest BCUT2D eigenvalue weighted by Gasteiger charge is -1.90. The van der Waals surface area contributed by atoms with Gasteiger partial charge in [0.25, 0.3) is 0 Å². The molecule has 0 spiro atoms. The first-order valence-corrected chi connectivity index (χ1v) is 4.41. The summed E-state index contributed by atoms with van der Waals surface area (Å²) in [6.45, 7) is 1.90. The first-order chi connectivity index (χ1) is 6.70. The molecule has 0 unspecified atom stereocenters. The van der Waals surface area contributed by atoms with Crippen molar-refractivity contribution in [3.05, 3.63) is 29.7 Å². The van der Waals surface area contributed by atoms with E-state index >= 15 is 0 Å². The third kappa shape index (κ3) is 1.44. The molecule has 1 N–H and O–H groups in total. The maximum Gasteiger partial charge on any atom is 0.154 e. The van der Waals surface area contributed by atoms with Crippen LogP contribution in [0.25, 0.3) is 11.5 Å². The molecule has 74 valence electrons. The Morgan fingerprint density at radius 1 is 1.50 bits per heavy atom. The van der Waals surface area contributed by atoms with Crippen molar-refractivity contribution in [3.63, 3.8) is 0 Å². The number of aryl methyl sites for hydroxylation is 2. The Hall–Kier alpha value is -1.55. The molecule has 4 nitrogen and oxygen atoms in total. The zero-order valence-electron chi connectivity index (χ0n) is 8.19. The summed E-state index contributed by atoms with van der Waals surface area (Å²) < 4.78 is 7.15. The van der Waals surface area contributed by atoms with Gasteiger partial charge in [-0.3, -0.25) is 4.68 Å². The molecule has 2 rings (SSSR count). The minimum absolute atomic E-state index is 0.0776. The van der Waals surface area contributed by atoms with Crippen LogP contribution in [0.2, 0.25) is 0 Å². The van der Waals surface area contributed by atoms with E-state index in [4.69, 9.17) is 9.52 Å². The summed E-state index contributed by atoms with van der Waals surface area (Å²) in [5, 5.41) is 13.1. The van der Waals surface area contributed by atoms with E-state index in [-0.39, 0.29) is 6.61 Å². The van der Waals surface area contributed by atoms with E-state index in [1.54, 1.807) is 10.7 Å². The summed E-state index contributed by atoms with van der Waals surface area (Å²) in [5.74, 6) is 1.25. The van der Waals surface area contributed by atoms with Crippen molar-refractivity contribution < 1.29 is 9.52 Å². The number of rotatable bonds is 2. The largest absolute Gasteiger partial charge is 0.457 e. The van der Waals surface area contributed by atoms with E-state index in [1.165, 1.54) is 0 Å². The van der Waals surface area contributed by atoms with Gasteiger partial charge < -0.3 is 9.52 Å². The average molecular weight is 192 g/mol. The van der Waals surface area contributed by atoms with Crippen molar-refractivity contribution in [1.29, 1.82) is 0 Å². The van der Waals surface area contributed by atoms with Crippen LogP contribution in [0.4, 0.5) is 0 Å². The number of aromatic nitrogens is 2. The van der Waals surface area contributed by atoms with Crippen molar-refractivity contribution in [1.82, 2.24) is 9.78 Å². The fourth-order valence-corrected chi connectivity index (χ4v) is 1.28. The molecule has 2 aromatic rings. The highest BCUT2D eigenvalue weighted by molar-refractivity contribution is 5.52. The number of aliphatic hydroxyl groups is 1. The third-order valence-corrected chi connectivity index (χ3v) is 2.18. The first kappa shape index (κ1) is 9.02. The van der Waals surface area contributed by atoms with Crippen molar-refractivity contribution >= 4 is 0 Å². The minimum Gasteiger partial charge on any atom is -0.457 e. The quantitative estimate of drug-likeness (QED) is 0.784. The Morgan fingerprint density at radius 2 is 2.29 bits per heavy atom. The molecule has 0 saturated heterocycles. The third-order valence-electron chi connectivity index (χ3n) is 2.18. The number of hydrogen-bond donors (Lipinski definition) is 1. The molecule has 0 atom stereocenters. The summed E-state index contributed by atoms with van der Waals surface area (Å²) in [4.78, 5) is 0. The number of furan rings is 1. The van der Waals surface area contributed by atoms with E-state index in [0.29, 0.717) is 11.5 Å². The average Bonchev–Trinajstić information content (AvgIpc) is 2.74. The Kier molecular flexibility index (Phi) is 2.13. The zero-order chi connectivity index (χ0) is 10.1. The molecule has 0 amide bonds. The molecule has 4 heteroatoms. The lowest BCUT2D eigenvalue weighted by molar-refractivity contribution is 0.248. The second-order valence-electron chi connectivity index (χ2n) is 3.22. The summed E-state index contributed by atoms with van der Waals surface area (Å²) in [7, 11) is 1.88. The molecule has 0 aliphatic heterocycles. The Morgan fingerprint density at radius 3 is 2.79 bits per heavy atom. The smallest absolute Gasteiger partial charge is 0.154 e. The van der Waals surface area contributed by atoms with Crippen LogP contribution in [0.3, 0.4) is 0 Å². The number of hydrogen-bond acceptors (Lipinski definition) is 3.